The van der Waals surface area contributed by atoms with E-state index in [2.05, 4.69) is 20.4 Å². The van der Waals surface area contributed by atoms with E-state index in [0.717, 1.165) is 6.07 Å². The monoisotopic (exact) mass is 453 g/mol. The molecule has 2 heterocycles. The number of aryl methyl sites for hydroxylation is 1. The van der Waals surface area contributed by atoms with Crippen LogP contribution in [-0.2, 0) is 6.18 Å². The number of amides is 1. The lowest BCUT2D eigenvalue weighted by Crippen LogP contribution is -2.49. The Balaban J connectivity index is 1.90. The van der Waals surface area contributed by atoms with Gasteiger partial charge in [0.05, 0.1) is 11.1 Å². The molecule has 12 heteroatoms. The number of hydrogen-bond acceptors (Lipinski definition) is 4. The molecule has 1 aromatic carbocycles. The largest absolute Gasteiger partial charge is 0.435 e. The van der Waals surface area contributed by atoms with Crippen molar-refractivity contribution in [2.45, 2.75) is 44.5 Å². The summed E-state index contributed by atoms with van der Waals surface area (Å²) in [5, 5.41) is 5.11. The second-order valence-corrected chi connectivity index (χ2v) is 7.24. The molecule has 1 aromatic heterocycles. The van der Waals surface area contributed by atoms with Crippen LogP contribution in [-0.4, -0.2) is 42.6 Å². The van der Waals surface area contributed by atoms with E-state index in [-0.39, 0.29) is 36.2 Å². The number of alkyl halides is 7. The number of ether oxygens (including phenoxy) is 1. The summed E-state index contributed by atoms with van der Waals surface area (Å²) in [6.07, 6.45) is -5.76. The molecule has 0 unspecified atom stereocenters. The number of aromatic nitrogens is 1. The molecule has 170 valence electrons. The quantitative estimate of drug-likeness (QED) is 0.664. The van der Waals surface area contributed by atoms with Gasteiger partial charge in [0.2, 0.25) is 0 Å². The van der Waals surface area contributed by atoms with Crippen LogP contribution in [0.15, 0.2) is 18.2 Å². The van der Waals surface area contributed by atoms with Gasteiger partial charge in [-0.3, -0.25) is 4.79 Å². The number of pyridine rings is 1. The highest BCUT2D eigenvalue weighted by molar-refractivity contribution is 5.97. The molecule has 2 aromatic rings. The first-order valence-corrected chi connectivity index (χ1v) is 9.22. The van der Waals surface area contributed by atoms with Crippen LogP contribution < -0.4 is 15.4 Å². The van der Waals surface area contributed by atoms with Gasteiger partial charge in [-0.15, -0.1) is 0 Å². The van der Waals surface area contributed by atoms with Crippen LogP contribution in [0.25, 0.3) is 10.9 Å². The highest BCUT2D eigenvalue weighted by atomic mass is 19.4. The fraction of sp³-hybridized carbons (Fsp3) is 0.474. The maximum absolute atomic E-state index is 13.5. The van der Waals surface area contributed by atoms with Gasteiger partial charge in [-0.05, 0) is 30.7 Å². The number of benzene rings is 1. The number of piperidine rings is 1. The number of nitrogens with zero attached hydrogens (tertiary/aromatic N) is 1. The molecule has 2 N–H and O–H groups in total. The van der Waals surface area contributed by atoms with Crippen LogP contribution in [0.5, 0.6) is 5.75 Å². The SMILES string of the molecule is Cc1cc(C(=O)NC[C@@H]2CC(F)(F)CCN2)nc2c(C(F)(F)F)cc(OC(F)F)cc12. The molecule has 5 nitrogen and oxygen atoms in total. The first-order chi connectivity index (χ1) is 14.4. The molecule has 1 aliphatic heterocycles. The van der Waals surface area contributed by atoms with Gasteiger partial charge in [0.15, 0.2) is 0 Å². The number of nitrogens with one attached hydrogen (secondary N) is 2. The van der Waals surface area contributed by atoms with E-state index in [1.54, 1.807) is 0 Å². The molecule has 1 saturated heterocycles. The summed E-state index contributed by atoms with van der Waals surface area (Å²) >= 11 is 0. The van der Waals surface area contributed by atoms with Gasteiger partial charge in [0, 0.05) is 37.4 Å². The highest BCUT2D eigenvalue weighted by Gasteiger charge is 2.37. The molecule has 0 saturated carbocycles. The Morgan fingerprint density at radius 1 is 1.32 bits per heavy atom. The Kier molecular flexibility index (Phi) is 6.30. The smallest absolute Gasteiger partial charge is 0.418 e. The Hall–Kier alpha value is -2.63. The molecule has 0 radical (unpaired) electrons. The van der Waals surface area contributed by atoms with Crippen molar-refractivity contribution in [3.63, 3.8) is 0 Å². The van der Waals surface area contributed by atoms with E-state index in [1.807, 2.05) is 0 Å². The Bertz CT molecular complexity index is 979. The fourth-order valence-corrected chi connectivity index (χ4v) is 3.41. The van der Waals surface area contributed by atoms with Gasteiger partial charge >= 0.3 is 12.8 Å². The van der Waals surface area contributed by atoms with E-state index in [4.69, 9.17) is 0 Å². The summed E-state index contributed by atoms with van der Waals surface area (Å²) in [6.45, 7) is -2.03. The van der Waals surface area contributed by atoms with Crippen LogP contribution in [0.4, 0.5) is 30.7 Å². The van der Waals surface area contributed by atoms with E-state index >= 15 is 0 Å². The molecule has 1 fully saturated rings. The lowest BCUT2D eigenvalue weighted by atomic mass is 10.0. The summed E-state index contributed by atoms with van der Waals surface area (Å²) in [6, 6.07) is 1.85. The summed E-state index contributed by atoms with van der Waals surface area (Å²) in [4.78, 5) is 16.2. The molecule has 0 spiro atoms. The Labute approximate surface area is 172 Å². The topological polar surface area (TPSA) is 63.2 Å². The lowest BCUT2D eigenvalue weighted by Gasteiger charge is -2.30. The van der Waals surface area contributed by atoms with Crippen molar-refractivity contribution < 1.29 is 40.3 Å². The van der Waals surface area contributed by atoms with Crippen molar-refractivity contribution in [2.24, 2.45) is 0 Å². The minimum Gasteiger partial charge on any atom is -0.435 e. The third-order valence-corrected chi connectivity index (χ3v) is 4.83. The zero-order valence-electron chi connectivity index (χ0n) is 16.1. The van der Waals surface area contributed by atoms with E-state index in [1.165, 1.54) is 13.0 Å². The zero-order chi connectivity index (χ0) is 23.0. The van der Waals surface area contributed by atoms with Crippen LogP contribution in [0, 0.1) is 6.92 Å². The van der Waals surface area contributed by atoms with Crippen LogP contribution in [0.1, 0.15) is 34.5 Å². The zero-order valence-corrected chi connectivity index (χ0v) is 16.1. The highest BCUT2D eigenvalue weighted by Crippen LogP contribution is 2.38. The summed E-state index contributed by atoms with van der Waals surface area (Å²) in [5.74, 6) is -4.40. The lowest BCUT2D eigenvalue weighted by molar-refractivity contribution is -0.136. The Morgan fingerprint density at radius 3 is 2.65 bits per heavy atom. The molecule has 3 rings (SSSR count). The van der Waals surface area contributed by atoms with Crippen LogP contribution in [0.3, 0.4) is 0 Å². The summed E-state index contributed by atoms with van der Waals surface area (Å²) in [7, 11) is 0. The van der Waals surface area contributed by atoms with E-state index < -0.39 is 53.9 Å². The predicted molar refractivity (Wildman–Crippen MR) is 96.4 cm³/mol. The maximum Gasteiger partial charge on any atom is 0.418 e. The van der Waals surface area contributed by atoms with Crippen molar-refractivity contribution in [3.8, 4) is 5.75 Å². The number of carbonyl (C=O) groups excluding carboxylic acids is 1. The second kappa shape index (κ2) is 8.48. The number of fused-ring (bicyclic) bond motifs is 1. The van der Waals surface area contributed by atoms with Gasteiger partial charge in [0.25, 0.3) is 11.8 Å². The van der Waals surface area contributed by atoms with Crippen molar-refractivity contribution in [1.29, 1.82) is 0 Å². The van der Waals surface area contributed by atoms with Gasteiger partial charge < -0.3 is 15.4 Å². The third-order valence-electron chi connectivity index (χ3n) is 4.83. The minimum absolute atomic E-state index is 0.0683. The summed E-state index contributed by atoms with van der Waals surface area (Å²) < 4.78 is 96.5. The minimum atomic E-state index is -4.95. The molecule has 31 heavy (non-hydrogen) atoms. The fourth-order valence-electron chi connectivity index (χ4n) is 3.41. The van der Waals surface area contributed by atoms with Crippen molar-refractivity contribution >= 4 is 16.8 Å². The number of carbonyl (C=O) groups is 1. The molecule has 1 amide bonds. The van der Waals surface area contributed by atoms with Gasteiger partial charge in [0.1, 0.15) is 11.4 Å². The van der Waals surface area contributed by atoms with E-state index in [9.17, 15) is 35.5 Å². The first-order valence-electron chi connectivity index (χ1n) is 9.22. The predicted octanol–water partition coefficient (Wildman–Crippen LogP) is 4.28. The van der Waals surface area contributed by atoms with Gasteiger partial charge in [-0.1, -0.05) is 0 Å². The number of hydrogen-bond donors (Lipinski definition) is 2. The standard InChI is InChI=1S/C19H18F7N3O2/c1-9-4-14(16(30)28-8-10-7-18(22,23)2-3-27-10)29-15-12(9)5-11(31-17(20)21)6-13(15)19(24,25)26/h4-6,10,17,27H,2-3,7-8H2,1H3,(H,28,30)/t10-/m0/s1. The molecular formula is C19H18F7N3O2. The average Bonchev–Trinajstić information content (AvgIpc) is 2.64. The van der Waals surface area contributed by atoms with Crippen molar-refractivity contribution in [2.75, 3.05) is 13.1 Å². The summed E-state index contributed by atoms with van der Waals surface area (Å²) in [5.41, 5.74) is -2.14. The third kappa shape index (κ3) is 5.54. The normalized spacial score (nSPS) is 18.9. The molecule has 0 bridgehead atoms. The molecular weight excluding hydrogens is 435 g/mol. The maximum atomic E-state index is 13.5. The van der Waals surface area contributed by atoms with Gasteiger partial charge in [-0.2, -0.15) is 22.0 Å². The molecule has 0 aliphatic carbocycles. The molecule has 1 aliphatic rings. The van der Waals surface area contributed by atoms with Gasteiger partial charge in [-0.25, -0.2) is 13.8 Å². The van der Waals surface area contributed by atoms with Crippen LogP contribution >= 0.6 is 0 Å². The van der Waals surface area contributed by atoms with Crippen LogP contribution in [0.2, 0.25) is 0 Å². The average molecular weight is 453 g/mol. The second-order valence-electron chi connectivity index (χ2n) is 7.24. The first kappa shape index (κ1) is 23.0. The number of rotatable bonds is 5. The Morgan fingerprint density at radius 2 is 2.03 bits per heavy atom. The van der Waals surface area contributed by atoms with Crippen molar-refractivity contribution in [3.05, 3.63) is 35.0 Å². The van der Waals surface area contributed by atoms with E-state index in [0.29, 0.717) is 6.07 Å². The number of halogens is 7. The van der Waals surface area contributed by atoms with Crippen molar-refractivity contribution in [1.82, 2.24) is 15.6 Å². The molecule has 1 atom stereocenters.